The molecule has 1 unspecified atom stereocenters. The minimum Gasteiger partial charge on any atom is -0.376 e. The van der Waals surface area contributed by atoms with Crippen molar-refractivity contribution in [2.24, 2.45) is 16.0 Å². The number of benzene rings is 2. The van der Waals surface area contributed by atoms with E-state index in [1.54, 1.807) is 12.1 Å². The topological polar surface area (TPSA) is 97.0 Å². The number of aliphatic imine (C=N–C) groups is 1. The first-order valence-corrected chi connectivity index (χ1v) is 11.8. The van der Waals surface area contributed by atoms with Crippen molar-refractivity contribution in [1.82, 2.24) is 10.2 Å². The van der Waals surface area contributed by atoms with Gasteiger partial charge in [-0.3, -0.25) is 0 Å². The van der Waals surface area contributed by atoms with Crippen molar-refractivity contribution >= 4 is 16.0 Å². The molecule has 2 aromatic carbocycles. The molecular weight excluding hydrogens is 400 g/mol. The number of hydrogen-bond donors (Lipinski definition) is 2. The third-order valence-electron chi connectivity index (χ3n) is 5.02. The summed E-state index contributed by atoms with van der Waals surface area (Å²) in [5.41, 5.74) is 1.99. The Morgan fingerprint density at radius 2 is 1.97 bits per heavy atom. The fraction of sp³-hybridized carbons (Fsp3) is 0.409. The summed E-state index contributed by atoms with van der Waals surface area (Å²) in [6.45, 7) is 6.35. The molecule has 2 aromatic rings. The average Bonchev–Trinajstić information content (AvgIpc) is 3.20. The number of nitrogens with two attached hydrogens (primary N) is 1. The van der Waals surface area contributed by atoms with Gasteiger partial charge in [-0.25, -0.2) is 18.5 Å². The van der Waals surface area contributed by atoms with Gasteiger partial charge in [-0.2, -0.15) is 0 Å². The molecule has 1 saturated heterocycles. The second kappa shape index (κ2) is 10.6. The zero-order valence-corrected chi connectivity index (χ0v) is 18.1. The van der Waals surface area contributed by atoms with Crippen LogP contribution in [0.2, 0.25) is 0 Å². The summed E-state index contributed by atoms with van der Waals surface area (Å²) in [4.78, 5) is 7.05. The van der Waals surface area contributed by atoms with Gasteiger partial charge in [0, 0.05) is 25.6 Å². The van der Waals surface area contributed by atoms with Crippen LogP contribution in [0.15, 0.2) is 64.5 Å². The average molecular weight is 431 g/mol. The van der Waals surface area contributed by atoms with Crippen LogP contribution >= 0.6 is 0 Å². The Hall–Kier alpha value is -2.42. The highest BCUT2D eigenvalue weighted by atomic mass is 32.2. The van der Waals surface area contributed by atoms with E-state index >= 15 is 0 Å². The molecule has 0 amide bonds. The molecule has 1 fully saturated rings. The van der Waals surface area contributed by atoms with E-state index in [9.17, 15) is 8.42 Å². The Morgan fingerprint density at radius 3 is 2.70 bits per heavy atom. The molecule has 162 valence electrons. The molecule has 0 saturated carbocycles. The molecule has 3 rings (SSSR count). The maximum atomic E-state index is 11.6. The number of hydrogen-bond acceptors (Lipinski definition) is 4. The van der Waals surface area contributed by atoms with Crippen LogP contribution in [-0.2, 0) is 27.9 Å². The normalized spacial score (nSPS) is 17.3. The van der Waals surface area contributed by atoms with Crippen LogP contribution in [0.3, 0.4) is 0 Å². The molecule has 1 aliphatic rings. The Bertz CT molecular complexity index is 948. The van der Waals surface area contributed by atoms with Crippen LogP contribution in [0.4, 0.5) is 0 Å². The molecule has 0 spiro atoms. The molecule has 30 heavy (non-hydrogen) atoms. The van der Waals surface area contributed by atoms with Crippen LogP contribution < -0.4 is 10.5 Å². The lowest BCUT2D eigenvalue weighted by atomic mass is 10.1. The second-order valence-electron chi connectivity index (χ2n) is 7.46. The summed E-state index contributed by atoms with van der Waals surface area (Å²) in [5.74, 6) is 1.30. The van der Waals surface area contributed by atoms with E-state index in [1.165, 1.54) is 11.6 Å². The Balaban J connectivity index is 1.55. The van der Waals surface area contributed by atoms with Gasteiger partial charge >= 0.3 is 0 Å². The van der Waals surface area contributed by atoms with E-state index in [0.717, 1.165) is 44.2 Å². The quantitative estimate of drug-likeness (QED) is 0.495. The van der Waals surface area contributed by atoms with Gasteiger partial charge < -0.3 is 15.0 Å². The van der Waals surface area contributed by atoms with Gasteiger partial charge in [0.05, 0.1) is 24.7 Å². The number of rotatable bonds is 8. The molecule has 0 bridgehead atoms. The lowest BCUT2D eigenvalue weighted by molar-refractivity contribution is 0.0906. The lowest BCUT2D eigenvalue weighted by Crippen LogP contribution is -2.40. The zero-order chi connectivity index (χ0) is 21.4. The van der Waals surface area contributed by atoms with Gasteiger partial charge in [0.15, 0.2) is 5.96 Å². The number of nitrogens with zero attached hydrogens (tertiary/aromatic N) is 2. The zero-order valence-electron chi connectivity index (χ0n) is 17.3. The third-order valence-corrected chi connectivity index (χ3v) is 5.93. The molecule has 1 atom stereocenters. The van der Waals surface area contributed by atoms with Crippen molar-refractivity contribution < 1.29 is 13.2 Å². The molecule has 1 aliphatic heterocycles. The first kappa shape index (κ1) is 22.3. The van der Waals surface area contributed by atoms with Crippen molar-refractivity contribution in [3.05, 3.63) is 65.7 Å². The summed E-state index contributed by atoms with van der Waals surface area (Å²) >= 11 is 0. The summed E-state index contributed by atoms with van der Waals surface area (Å²) in [5, 5.41) is 8.56. The van der Waals surface area contributed by atoms with E-state index in [1.807, 2.05) is 31.2 Å². The Kier molecular flexibility index (Phi) is 7.84. The van der Waals surface area contributed by atoms with Gasteiger partial charge in [0.25, 0.3) is 0 Å². The molecule has 0 aliphatic carbocycles. The predicted octanol–water partition coefficient (Wildman–Crippen LogP) is 2.34. The van der Waals surface area contributed by atoms with Crippen molar-refractivity contribution in [2.75, 3.05) is 26.2 Å². The first-order valence-electron chi connectivity index (χ1n) is 10.2. The summed E-state index contributed by atoms with van der Waals surface area (Å²) < 4.78 is 29.0. The first-order chi connectivity index (χ1) is 14.5. The van der Waals surface area contributed by atoms with Crippen molar-refractivity contribution in [3.8, 4) is 0 Å². The summed E-state index contributed by atoms with van der Waals surface area (Å²) in [6.07, 6.45) is 1.06. The van der Waals surface area contributed by atoms with Gasteiger partial charge in [-0.1, -0.05) is 42.5 Å². The van der Waals surface area contributed by atoms with E-state index in [-0.39, 0.29) is 4.90 Å². The van der Waals surface area contributed by atoms with Crippen LogP contribution in [0, 0.1) is 5.92 Å². The van der Waals surface area contributed by atoms with Gasteiger partial charge in [-0.15, -0.1) is 0 Å². The highest BCUT2D eigenvalue weighted by Crippen LogP contribution is 2.18. The molecule has 8 heteroatoms. The van der Waals surface area contributed by atoms with Crippen LogP contribution in [0.25, 0.3) is 0 Å². The van der Waals surface area contributed by atoms with Gasteiger partial charge in [0.2, 0.25) is 10.0 Å². The van der Waals surface area contributed by atoms with Crippen molar-refractivity contribution in [1.29, 1.82) is 0 Å². The SMILES string of the molecule is CCNC(=NCc1cccc(S(N)(=O)=O)c1)N1CCC(COCc2ccccc2)C1. The molecular formula is C22H30N4O3S. The maximum Gasteiger partial charge on any atom is 0.238 e. The minimum absolute atomic E-state index is 0.108. The van der Waals surface area contributed by atoms with Crippen LogP contribution in [-0.4, -0.2) is 45.5 Å². The molecule has 0 aromatic heterocycles. The predicted molar refractivity (Wildman–Crippen MR) is 118 cm³/mol. The van der Waals surface area contributed by atoms with Gasteiger partial charge in [0.1, 0.15) is 0 Å². The number of sulfonamides is 1. The highest BCUT2D eigenvalue weighted by molar-refractivity contribution is 7.89. The molecule has 3 N–H and O–H groups in total. The van der Waals surface area contributed by atoms with E-state index in [0.29, 0.717) is 19.1 Å². The summed E-state index contributed by atoms with van der Waals surface area (Å²) in [6, 6.07) is 16.8. The van der Waals surface area contributed by atoms with E-state index in [4.69, 9.17) is 14.9 Å². The van der Waals surface area contributed by atoms with Crippen LogP contribution in [0.5, 0.6) is 0 Å². The third kappa shape index (κ3) is 6.55. The fourth-order valence-corrected chi connectivity index (χ4v) is 4.08. The number of primary sulfonamides is 1. The van der Waals surface area contributed by atoms with Gasteiger partial charge in [-0.05, 0) is 36.6 Å². The lowest BCUT2D eigenvalue weighted by Gasteiger charge is -2.21. The smallest absolute Gasteiger partial charge is 0.238 e. The largest absolute Gasteiger partial charge is 0.376 e. The Morgan fingerprint density at radius 1 is 1.20 bits per heavy atom. The minimum atomic E-state index is -3.71. The molecule has 7 nitrogen and oxygen atoms in total. The highest BCUT2D eigenvalue weighted by Gasteiger charge is 2.25. The monoisotopic (exact) mass is 430 g/mol. The fourth-order valence-electron chi connectivity index (χ4n) is 3.49. The van der Waals surface area contributed by atoms with E-state index in [2.05, 4.69) is 22.3 Å². The van der Waals surface area contributed by atoms with Crippen molar-refractivity contribution in [3.63, 3.8) is 0 Å². The van der Waals surface area contributed by atoms with Crippen LogP contribution in [0.1, 0.15) is 24.5 Å². The number of likely N-dealkylation sites (tertiary alicyclic amines) is 1. The summed E-state index contributed by atoms with van der Waals surface area (Å²) in [7, 11) is -3.71. The maximum absolute atomic E-state index is 11.6. The molecule has 0 radical (unpaired) electrons. The van der Waals surface area contributed by atoms with Crippen molar-refractivity contribution in [2.45, 2.75) is 31.4 Å². The molecule has 1 heterocycles. The van der Waals surface area contributed by atoms with E-state index < -0.39 is 10.0 Å². The standard InChI is InChI=1S/C22H30N4O3S/c1-2-24-22(25-14-19-9-6-10-21(13-19)30(23,27)28)26-12-11-20(15-26)17-29-16-18-7-4-3-5-8-18/h3-10,13,20H,2,11-12,14-17H2,1H3,(H,24,25)(H2,23,27,28). The second-order valence-corrected chi connectivity index (χ2v) is 9.03. The number of nitrogens with one attached hydrogen (secondary N) is 1. The Labute approximate surface area is 179 Å². The number of ether oxygens (including phenoxy) is 1. The number of guanidine groups is 1.